The Morgan fingerprint density at radius 3 is 2.45 bits per heavy atom. The molecule has 2 N–H and O–H groups in total. The third-order valence-electron chi connectivity index (χ3n) is 6.50. The molecule has 0 spiro atoms. The monoisotopic (exact) mass is 460 g/mol. The average Bonchev–Trinajstić information content (AvgIpc) is 3.01. The van der Waals surface area contributed by atoms with Crippen LogP contribution in [0.15, 0.2) is 30.3 Å². The molecule has 9 nitrogen and oxygen atoms in total. The van der Waals surface area contributed by atoms with Crippen LogP contribution < -0.4 is 5.32 Å². The van der Waals surface area contributed by atoms with Gasteiger partial charge in [-0.25, -0.2) is 4.79 Å². The zero-order valence-corrected chi connectivity index (χ0v) is 19.8. The summed E-state index contributed by atoms with van der Waals surface area (Å²) in [5.74, 6) is -0.0619. The first kappa shape index (κ1) is 23.9. The smallest absolute Gasteiger partial charge is 0.410 e. The van der Waals surface area contributed by atoms with Gasteiger partial charge in [0, 0.05) is 25.7 Å². The number of carbonyl (C=O) groups excluding carboxylic acids is 2. The lowest BCUT2D eigenvalue weighted by molar-refractivity contribution is -0.265. The van der Waals surface area contributed by atoms with Crippen molar-refractivity contribution in [3.05, 3.63) is 35.9 Å². The van der Waals surface area contributed by atoms with Crippen LogP contribution in [0, 0.1) is 0 Å². The highest BCUT2D eigenvalue weighted by Gasteiger charge is 2.48. The van der Waals surface area contributed by atoms with Gasteiger partial charge >= 0.3 is 6.09 Å². The largest absolute Gasteiger partial charge is 0.444 e. The summed E-state index contributed by atoms with van der Waals surface area (Å²) in [4.78, 5) is 34.8. The predicted octanol–water partition coefficient (Wildman–Crippen LogP) is 2.06. The number of hydrogen-bond donors (Lipinski definition) is 2. The fourth-order valence-electron chi connectivity index (χ4n) is 4.78. The van der Waals surface area contributed by atoms with Gasteiger partial charge in [0.1, 0.15) is 5.60 Å². The zero-order valence-electron chi connectivity index (χ0n) is 19.8. The Hall–Kier alpha value is -2.20. The number of hydrogen-bond acceptors (Lipinski definition) is 7. The molecule has 0 saturated carbocycles. The number of amides is 2. The fraction of sp³-hybridized carbons (Fsp3) is 0.667. The van der Waals surface area contributed by atoms with Gasteiger partial charge in [-0.2, -0.15) is 0 Å². The maximum Gasteiger partial charge on any atom is 0.410 e. The number of nitrogens with zero attached hydrogens (tertiary/aromatic N) is 3. The van der Waals surface area contributed by atoms with Gasteiger partial charge < -0.3 is 20.1 Å². The lowest BCUT2D eigenvalue weighted by atomic mass is 9.99. The number of benzene rings is 1. The first-order chi connectivity index (χ1) is 15.7. The summed E-state index contributed by atoms with van der Waals surface area (Å²) in [6.07, 6.45) is 1.60. The summed E-state index contributed by atoms with van der Waals surface area (Å²) in [5.41, 5.74) is 0.518. The zero-order chi connectivity index (χ0) is 23.6. The molecule has 182 valence electrons. The summed E-state index contributed by atoms with van der Waals surface area (Å²) in [7, 11) is 0. The van der Waals surface area contributed by atoms with Gasteiger partial charge in [-0.15, -0.1) is 5.06 Å². The number of aliphatic hydroxyl groups excluding tert-OH is 1. The van der Waals surface area contributed by atoms with Crippen LogP contribution in [0.4, 0.5) is 4.79 Å². The summed E-state index contributed by atoms with van der Waals surface area (Å²) in [5, 5.41) is 15.6. The summed E-state index contributed by atoms with van der Waals surface area (Å²) in [6.45, 7) is 7.66. The highest BCUT2D eigenvalue weighted by atomic mass is 16.7. The Morgan fingerprint density at radius 2 is 1.79 bits per heavy atom. The third kappa shape index (κ3) is 5.84. The molecule has 3 saturated heterocycles. The fourth-order valence-corrected chi connectivity index (χ4v) is 4.78. The number of fused-ring (bicyclic) bond motifs is 2. The summed E-state index contributed by atoms with van der Waals surface area (Å²) in [6, 6.07) is 9.55. The Balaban J connectivity index is 1.26. The van der Waals surface area contributed by atoms with Crippen LogP contribution >= 0.6 is 0 Å². The van der Waals surface area contributed by atoms with E-state index in [1.54, 1.807) is 9.96 Å². The van der Waals surface area contributed by atoms with E-state index in [0.717, 1.165) is 12.0 Å². The second-order valence-corrected chi connectivity index (χ2v) is 10.2. The van der Waals surface area contributed by atoms with Gasteiger partial charge in [-0.05, 0) is 52.0 Å². The normalized spacial score (nSPS) is 28.5. The minimum atomic E-state index is -0.939. The van der Waals surface area contributed by atoms with Crippen LogP contribution in [-0.2, 0) is 21.0 Å². The number of aliphatic hydroxyl groups is 1. The molecule has 9 heteroatoms. The van der Waals surface area contributed by atoms with E-state index in [9.17, 15) is 14.7 Å². The summed E-state index contributed by atoms with van der Waals surface area (Å²) >= 11 is 0. The van der Waals surface area contributed by atoms with Crippen molar-refractivity contribution in [2.45, 2.75) is 83.1 Å². The highest BCUT2D eigenvalue weighted by Crippen LogP contribution is 2.32. The van der Waals surface area contributed by atoms with Crippen LogP contribution in [0.3, 0.4) is 0 Å². The van der Waals surface area contributed by atoms with Crippen molar-refractivity contribution >= 4 is 12.0 Å². The second kappa shape index (κ2) is 9.97. The van der Waals surface area contributed by atoms with E-state index >= 15 is 0 Å². The molecule has 3 aliphatic rings. The summed E-state index contributed by atoms with van der Waals surface area (Å²) < 4.78 is 5.44. The van der Waals surface area contributed by atoms with Crippen molar-refractivity contribution in [2.75, 3.05) is 19.6 Å². The lowest BCUT2D eigenvalue weighted by Gasteiger charge is -2.36. The molecule has 0 aromatic heterocycles. The third-order valence-corrected chi connectivity index (χ3v) is 6.50. The molecule has 4 atom stereocenters. The Morgan fingerprint density at radius 1 is 1.09 bits per heavy atom. The van der Waals surface area contributed by atoms with Crippen molar-refractivity contribution in [3.8, 4) is 0 Å². The molecule has 2 bridgehead atoms. The van der Waals surface area contributed by atoms with Crippen molar-refractivity contribution in [1.82, 2.24) is 20.2 Å². The minimum absolute atomic E-state index is 0.0130. The van der Waals surface area contributed by atoms with Gasteiger partial charge in [0.2, 0.25) is 5.91 Å². The Bertz CT molecular complexity index is 822. The standard InChI is InChI=1S/C24H36N4O5/c1-24(2,3)33-23(31)26-13-11-18(12-14-26)25-21(29)20-10-9-19-15-27(20)22(30)28(19)32-16-17-7-5-4-6-8-17/h4-8,18-20,22,30H,9-16H2,1-3H3,(H,25,29)/t19-,20+,22?/m1/s1. The van der Waals surface area contributed by atoms with Crippen LogP contribution in [0.5, 0.6) is 0 Å². The molecule has 2 amide bonds. The molecule has 2 unspecified atom stereocenters. The molecular formula is C24H36N4O5. The predicted molar refractivity (Wildman–Crippen MR) is 122 cm³/mol. The van der Waals surface area contributed by atoms with E-state index in [0.29, 0.717) is 45.5 Å². The topological polar surface area (TPSA) is 94.6 Å². The number of likely N-dealkylation sites (tertiary alicyclic amines) is 1. The first-order valence-corrected chi connectivity index (χ1v) is 11.9. The molecule has 0 radical (unpaired) electrons. The van der Waals surface area contributed by atoms with E-state index in [2.05, 4.69) is 5.32 Å². The first-order valence-electron chi connectivity index (χ1n) is 11.9. The molecule has 3 heterocycles. The van der Waals surface area contributed by atoms with Gasteiger partial charge in [-0.1, -0.05) is 30.3 Å². The number of ether oxygens (including phenoxy) is 1. The van der Waals surface area contributed by atoms with Crippen molar-refractivity contribution in [1.29, 1.82) is 0 Å². The van der Waals surface area contributed by atoms with Crippen LogP contribution in [-0.4, -0.2) is 81.7 Å². The van der Waals surface area contributed by atoms with Gasteiger partial charge in [-0.3, -0.25) is 14.5 Å². The van der Waals surface area contributed by atoms with Crippen molar-refractivity contribution < 1.29 is 24.3 Å². The van der Waals surface area contributed by atoms with Gasteiger partial charge in [0.25, 0.3) is 0 Å². The molecule has 1 aromatic rings. The Kier molecular flexibility index (Phi) is 7.23. The molecule has 33 heavy (non-hydrogen) atoms. The van der Waals surface area contributed by atoms with E-state index < -0.39 is 12.0 Å². The average molecular weight is 461 g/mol. The molecular weight excluding hydrogens is 424 g/mol. The van der Waals surface area contributed by atoms with Gasteiger partial charge in [0.05, 0.1) is 18.7 Å². The molecule has 3 fully saturated rings. The van der Waals surface area contributed by atoms with Crippen molar-refractivity contribution in [2.24, 2.45) is 0 Å². The number of carbonyl (C=O) groups is 2. The van der Waals surface area contributed by atoms with E-state index in [-0.39, 0.29) is 30.1 Å². The van der Waals surface area contributed by atoms with E-state index in [1.807, 2.05) is 56.0 Å². The number of nitrogens with one attached hydrogen (secondary N) is 1. The lowest BCUT2D eigenvalue weighted by Crippen LogP contribution is -2.55. The SMILES string of the molecule is CC(C)(C)OC(=O)N1CCC(NC(=O)[C@@H]2CC[C@@H]3CN2C(O)N3OCc2ccccc2)CC1. The van der Waals surface area contributed by atoms with Crippen molar-refractivity contribution in [3.63, 3.8) is 0 Å². The number of hydroxylamine groups is 2. The number of piperidine rings is 2. The maximum atomic E-state index is 13.1. The van der Waals surface area contributed by atoms with Crippen LogP contribution in [0.1, 0.15) is 52.0 Å². The quantitative estimate of drug-likeness (QED) is 0.695. The maximum absolute atomic E-state index is 13.1. The van der Waals surface area contributed by atoms with Crippen LogP contribution in [0.25, 0.3) is 0 Å². The Labute approximate surface area is 195 Å². The van der Waals surface area contributed by atoms with Crippen LogP contribution in [0.2, 0.25) is 0 Å². The highest BCUT2D eigenvalue weighted by molar-refractivity contribution is 5.82. The number of rotatable bonds is 5. The van der Waals surface area contributed by atoms with E-state index in [4.69, 9.17) is 9.57 Å². The molecule has 1 aromatic carbocycles. The minimum Gasteiger partial charge on any atom is -0.444 e. The molecule has 3 aliphatic heterocycles. The van der Waals surface area contributed by atoms with E-state index in [1.165, 1.54) is 0 Å². The van der Waals surface area contributed by atoms with Gasteiger partial charge in [0.15, 0.2) is 6.35 Å². The second-order valence-electron chi connectivity index (χ2n) is 10.2. The molecule has 0 aliphatic carbocycles. The molecule has 4 rings (SSSR count).